The Morgan fingerprint density at radius 3 is 1.29 bits per heavy atom. The molecule has 0 saturated carbocycles. The maximum absolute atomic E-state index is 5.86. The first-order valence-electron chi connectivity index (χ1n) is 8.05. The molecule has 0 aliphatic heterocycles. The van der Waals surface area contributed by atoms with Crippen LogP contribution in [0, 0.1) is 0 Å². The van der Waals surface area contributed by atoms with E-state index in [1.807, 2.05) is 78.9 Å². The molecule has 0 N–H and O–H groups in total. The summed E-state index contributed by atoms with van der Waals surface area (Å²) in [6.45, 7) is 1.52. The van der Waals surface area contributed by atoms with Gasteiger partial charge in [-0.2, -0.15) is 0 Å². The second-order valence-electron chi connectivity index (χ2n) is 5.49. The van der Waals surface area contributed by atoms with E-state index in [9.17, 15) is 0 Å². The summed E-state index contributed by atoms with van der Waals surface area (Å²) in [6, 6.07) is 30.3. The van der Waals surface area contributed by atoms with Crippen molar-refractivity contribution in [3.8, 4) is 0 Å². The van der Waals surface area contributed by atoms with Crippen molar-refractivity contribution in [2.75, 3.05) is 0 Å². The Hall–Kier alpha value is -2.46. The summed E-state index contributed by atoms with van der Waals surface area (Å²) in [5.74, 6) is 0. The van der Waals surface area contributed by atoms with Crippen LogP contribution in [0.15, 0.2) is 91.0 Å². The summed E-state index contributed by atoms with van der Waals surface area (Å²) in [5, 5.41) is 1.56. The van der Waals surface area contributed by atoms with Crippen LogP contribution in [0.25, 0.3) is 0 Å². The molecular formula is C21H21NO2. The van der Waals surface area contributed by atoms with Crippen molar-refractivity contribution in [2.45, 2.75) is 19.8 Å². The van der Waals surface area contributed by atoms with Gasteiger partial charge in [0, 0.05) is 0 Å². The Morgan fingerprint density at radius 2 is 0.875 bits per heavy atom. The molecule has 0 unspecified atom stereocenters. The fourth-order valence-corrected chi connectivity index (χ4v) is 2.30. The number of hydroxylamine groups is 2. The van der Waals surface area contributed by atoms with Crippen LogP contribution in [0.1, 0.15) is 16.7 Å². The van der Waals surface area contributed by atoms with Crippen LogP contribution in [0.2, 0.25) is 0 Å². The normalized spacial score (nSPS) is 10.9. The van der Waals surface area contributed by atoms with Gasteiger partial charge < -0.3 is 0 Å². The molecule has 24 heavy (non-hydrogen) atoms. The second kappa shape index (κ2) is 8.99. The van der Waals surface area contributed by atoms with Gasteiger partial charge in [0.2, 0.25) is 0 Å². The highest BCUT2D eigenvalue weighted by molar-refractivity contribution is 5.15. The van der Waals surface area contributed by atoms with E-state index in [2.05, 4.69) is 12.1 Å². The maximum atomic E-state index is 5.86. The van der Waals surface area contributed by atoms with E-state index in [0.29, 0.717) is 19.8 Å². The minimum absolute atomic E-state index is 0.475. The summed E-state index contributed by atoms with van der Waals surface area (Å²) in [4.78, 5) is 11.7. The van der Waals surface area contributed by atoms with Gasteiger partial charge in [0.25, 0.3) is 0 Å². The standard InChI is InChI=1S/C21H21NO2/c1-4-10-19(11-5-1)16-22(23-17-20-12-6-2-7-13-20)24-18-21-14-8-3-9-15-21/h1-15H,16-18H2. The van der Waals surface area contributed by atoms with Gasteiger partial charge in [0.05, 0.1) is 19.8 Å². The molecule has 0 radical (unpaired) electrons. The Balaban J connectivity index is 1.61. The number of rotatable bonds is 8. The zero-order valence-corrected chi connectivity index (χ0v) is 13.5. The van der Waals surface area contributed by atoms with Gasteiger partial charge in [-0.1, -0.05) is 96.2 Å². The van der Waals surface area contributed by atoms with Crippen molar-refractivity contribution in [3.05, 3.63) is 108 Å². The van der Waals surface area contributed by atoms with E-state index in [-0.39, 0.29) is 0 Å². The molecule has 0 amide bonds. The highest BCUT2D eigenvalue weighted by atomic mass is 16.9. The Labute approximate surface area is 143 Å². The van der Waals surface area contributed by atoms with Crippen molar-refractivity contribution in [3.63, 3.8) is 0 Å². The summed E-state index contributed by atoms with van der Waals surface area (Å²) in [7, 11) is 0. The van der Waals surface area contributed by atoms with Gasteiger partial charge in [-0.25, -0.2) is 0 Å². The molecule has 0 heterocycles. The van der Waals surface area contributed by atoms with E-state index in [1.165, 1.54) is 0 Å². The fourth-order valence-electron chi connectivity index (χ4n) is 2.30. The first-order chi connectivity index (χ1) is 11.9. The predicted octanol–water partition coefficient (Wildman–Crippen LogP) is 4.75. The van der Waals surface area contributed by atoms with Crippen LogP contribution in [-0.2, 0) is 29.4 Å². The van der Waals surface area contributed by atoms with E-state index in [0.717, 1.165) is 16.7 Å². The highest BCUT2D eigenvalue weighted by Gasteiger charge is 2.08. The molecule has 0 bridgehead atoms. The first kappa shape index (κ1) is 16.4. The SMILES string of the molecule is c1ccc(CON(Cc2ccccc2)OCc2ccccc2)cc1. The average molecular weight is 319 g/mol. The van der Waals surface area contributed by atoms with Gasteiger partial charge in [0.15, 0.2) is 0 Å². The molecule has 0 atom stereocenters. The summed E-state index contributed by atoms with van der Waals surface area (Å²) in [6.07, 6.45) is 0. The Morgan fingerprint density at radius 1 is 0.500 bits per heavy atom. The number of hydrogen-bond donors (Lipinski definition) is 0. The van der Waals surface area contributed by atoms with E-state index in [4.69, 9.17) is 9.68 Å². The van der Waals surface area contributed by atoms with Crippen molar-refractivity contribution in [1.29, 1.82) is 0 Å². The van der Waals surface area contributed by atoms with Crippen LogP contribution >= 0.6 is 0 Å². The Bertz CT molecular complexity index is 658. The third kappa shape index (κ3) is 5.32. The van der Waals surface area contributed by atoms with Crippen LogP contribution in [0.5, 0.6) is 0 Å². The zero-order valence-electron chi connectivity index (χ0n) is 13.5. The van der Waals surface area contributed by atoms with Crippen molar-refractivity contribution >= 4 is 0 Å². The molecule has 3 aromatic rings. The lowest BCUT2D eigenvalue weighted by Crippen LogP contribution is -2.24. The van der Waals surface area contributed by atoms with E-state index < -0.39 is 0 Å². The van der Waals surface area contributed by atoms with Crippen LogP contribution in [-0.4, -0.2) is 5.23 Å². The van der Waals surface area contributed by atoms with Gasteiger partial charge in [-0.3, -0.25) is 9.68 Å². The lowest BCUT2D eigenvalue weighted by Gasteiger charge is -2.21. The van der Waals surface area contributed by atoms with Crippen molar-refractivity contribution < 1.29 is 9.68 Å². The molecule has 3 nitrogen and oxygen atoms in total. The summed E-state index contributed by atoms with van der Waals surface area (Å²) in [5.41, 5.74) is 3.36. The quantitative estimate of drug-likeness (QED) is 0.559. The summed E-state index contributed by atoms with van der Waals surface area (Å²) >= 11 is 0. The van der Waals surface area contributed by atoms with E-state index >= 15 is 0 Å². The smallest absolute Gasteiger partial charge is 0.0962 e. The van der Waals surface area contributed by atoms with Crippen LogP contribution in [0.4, 0.5) is 0 Å². The molecule has 0 aliphatic carbocycles. The molecule has 3 aromatic carbocycles. The minimum Gasteiger partial charge on any atom is -0.269 e. The minimum atomic E-state index is 0.475. The lowest BCUT2D eigenvalue weighted by atomic mass is 10.2. The molecule has 0 aliphatic rings. The molecule has 0 fully saturated rings. The molecule has 3 heteroatoms. The molecular weight excluding hydrogens is 298 g/mol. The fraction of sp³-hybridized carbons (Fsp3) is 0.143. The molecule has 0 spiro atoms. The molecule has 0 saturated heterocycles. The largest absolute Gasteiger partial charge is 0.269 e. The predicted molar refractivity (Wildman–Crippen MR) is 94.4 cm³/mol. The number of nitrogens with zero attached hydrogens (tertiary/aromatic N) is 1. The number of benzene rings is 3. The maximum Gasteiger partial charge on any atom is 0.0962 e. The van der Waals surface area contributed by atoms with Gasteiger partial charge >= 0.3 is 0 Å². The molecule has 0 aromatic heterocycles. The van der Waals surface area contributed by atoms with E-state index in [1.54, 1.807) is 5.23 Å². The second-order valence-corrected chi connectivity index (χ2v) is 5.49. The molecule has 3 rings (SSSR count). The highest BCUT2D eigenvalue weighted by Crippen LogP contribution is 2.11. The monoisotopic (exact) mass is 319 g/mol. The van der Waals surface area contributed by atoms with Crippen molar-refractivity contribution in [2.24, 2.45) is 0 Å². The van der Waals surface area contributed by atoms with Gasteiger partial charge in [-0.05, 0) is 16.7 Å². The van der Waals surface area contributed by atoms with Crippen molar-refractivity contribution in [1.82, 2.24) is 5.23 Å². The summed E-state index contributed by atoms with van der Waals surface area (Å²) < 4.78 is 0. The first-order valence-corrected chi connectivity index (χ1v) is 8.05. The van der Waals surface area contributed by atoms with Crippen LogP contribution in [0.3, 0.4) is 0 Å². The van der Waals surface area contributed by atoms with Gasteiger partial charge in [0.1, 0.15) is 0 Å². The lowest BCUT2D eigenvalue weighted by molar-refractivity contribution is -0.386. The Kier molecular flexibility index (Phi) is 6.14. The zero-order chi connectivity index (χ0) is 16.5. The van der Waals surface area contributed by atoms with Gasteiger partial charge in [-0.15, -0.1) is 0 Å². The third-order valence-electron chi connectivity index (χ3n) is 3.59. The number of hydrogen-bond acceptors (Lipinski definition) is 3. The third-order valence-corrected chi connectivity index (χ3v) is 3.59. The average Bonchev–Trinajstić information content (AvgIpc) is 2.66. The topological polar surface area (TPSA) is 21.7 Å². The van der Waals surface area contributed by atoms with Crippen LogP contribution < -0.4 is 0 Å². The molecule has 122 valence electrons.